The lowest BCUT2D eigenvalue weighted by atomic mass is 9.96. The van der Waals surface area contributed by atoms with Gasteiger partial charge in [-0.2, -0.15) is 0 Å². The predicted octanol–water partition coefficient (Wildman–Crippen LogP) is 3.37. The van der Waals surface area contributed by atoms with Crippen molar-refractivity contribution in [1.82, 2.24) is 4.90 Å². The third-order valence-corrected chi connectivity index (χ3v) is 4.03. The second kappa shape index (κ2) is 5.10. The fraction of sp³-hybridized carbons (Fsp3) is 0.375. The van der Waals surface area contributed by atoms with Crippen LogP contribution >= 0.6 is 0 Å². The van der Waals surface area contributed by atoms with Crippen LogP contribution in [0.5, 0.6) is 0 Å². The van der Waals surface area contributed by atoms with Crippen LogP contribution in [0.1, 0.15) is 36.3 Å². The van der Waals surface area contributed by atoms with Crippen LogP contribution in [-0.2, 0) is 13.0 Å². The molecule has 0 saturated heterocycles. The van der Waals surface area contributed by atoms with Gasteiger partial charge in [0.1, 0.15) is 5.76 Å². The molecule has 19 heavy (non-hydrogen) atoms. The molecule has 1 aromatic carbocycles. The first-order valence-electron chi connectivity index (χ1n) is 6.93. The molecule has 0 bridgehead atoms. The van der Waals surface area contributed by atoms with E-state index in [4.69, 9.17) is 10.2 Å². The molecule has 3 nitrogen and oxygen atoms in total. The monoisotopic (exact) mass is 256 g/mol. The van der Waals surface area contributed by atoms with Crippen molar-refractivity contribution in [3.05, 3.63) is 53.5 Å². The highest BCUT2D eigenvalue weighted by atomic mass is 16.3. The van der Waals surface area contributed by atoms with E-state index in [0.717, 1.165) is 37.4 Å². The number of nitrogens with two attached hydrogens (primary N) is 1. The highest BCUT2D eigenvalue weighted by Crippen LogP contribution is 2.31. The van der Waals surface area contributed by atoms with E-state index < -0.39 is 0 Å². The van der Waals surface area contributed by atoms with E-state index in [2.05, 4.69) is 24.0 Å². The number of fused-ring (bicyclic) bond motifs is 1. The molecule has 1 atom stereocenters. The Balaban J connectivity index is 1.85. The minimum absolute atomic E-state index is 0.365. The average molecular weight is 256 g/mol. The van der Waals surface area contributed by atoms with E-state index in [1.807, 2.05) is 18.2 Å². The summed E-state index contributed by atoms with van der Waals surface area (Å²) in [7, 11) is 0. The maximum Gasteiger partial charge on any atom is 0.120 e. The van der Waals surface area contributed by atoms with Gasteiger partial charge in [0, 0.05) is 18.8 Å². The van der Waals surface area contributed by atoms with Gasteiger partial charge < -0.3 is 10.2 Å². The largest absolute Gasteiger partial charge is 0.468 e. The van der Waals surface area contributed by atoms with Crippen LogP contribution in [-0.4, -0.2) is 11.4 Å². The summed E-state index contributed by atoms with van der Waals surface area (Å²) in [5.41, 5.74) is 9.67. The maximum absolute atomic E-state index is 6.05. The molecule has 2 aromatic rings. The molecule has 1 aliphatic rings. The molecule has 2 N–H and O–H groups in total. The lowest BCUT2D eigenvalue weighted by Crippen LogP contribution is -2.34. The molecule has 0 aliphatic carbocycles. The van der Waals surface area contributed by atoms with E-state index in [0.29, 0.717) is 6.04 Å². The Morgan fingerprint density at radius 3 is 2.95 bits per heavy atom. The van der Waals surface area contributed by atoms with Crippen molar-refractivity contribution >= 4 is 5.69 Å². The van der Waals surface area contributed by atoms with Gasteiger partial charge in [0.2, 0.25) is 0 Å². The first kappa shape index (κ1) is 12.3. The first-order chi connectivity index (χ1) is 9.29. The smallest absolute Gasteiger partial charge is 0.120 e. The number of hydrogen-bond donors (Lipinski definition) is 1. The van der Waals surface area contributed by atoms with Gasteiger partial charge in [-0.3, -0.25) is 4.90 Å². The molecule has 1 aliphatic heterocycles. The van der Waals surface area contributed by atoms with Gasteiger partial charge in [0.05, 0.1) is 12.3 Å². The Hall–Kier alpha value is -1.74. The summed E-state index contributed by atoms with van der Waals surface area (Å²) in [6, 6.07) is 10.6. The third kappa shape index (κ3) is 2.26. The standard InChI is InChI=1S/C16H20N2O/c1-2-15(16-7-4-10-19-16)18-9-8-13-12(11-18)5-3-6-14(13)17/h3-7,10,15H,2,8-9,11,17H2,1H3. The van der Waals surface area contributed by atoms with E-state index in [1.165, 1.54) is 11.1 Å². The van der Waals surface area contributed by atoms with Crippen LogP contribution in [0, 0.1) is 0 Å². The van der Waals surface area contributed by atoms with Crippen LogP contribution in [0.25, 0.3) is 0 Å². The van der Waals surface area contributed by atoms with Crippen molar-refractivity contribution in [3.8, 4) is 0 Å². The number of nitrogens with zero attached hydrogens (tertiary/aromatic N) is 1. The van der Waals surface area contributed by atoms with Gasteiger partial charge in [-0.05, 0) is 42.2 Å². The molecule has 0 spiro atoms. The van der Waals surface area contributed by atoms with Gasteiger partial charge in [-0.25, -0.2) is 0 Å². The van der Waals surface area contributed by atoms with Crippen molar-refractivity contribution in [3.63, 3.8) is 0 Å². The van der Waals surface area contributed by atoms with Crippen LogP contribution in [0.4, 0.5) is 5.69 Å². The Bertz CT molecular complexity index is 548. The van der Waals surface area contributed by atoms with Gasteiger partial charge in [-0.1, -0.05) is 19.1 Å². The maximum atomic E-state index is 6.05. The SMILES string of the molecule is CCC(c1ccco1)N1CCc2c(N)cccc2C1. The number of furan rings is 1. The summed E-state index contributed by atoms with van der Waals surface area (Å²) >= 11 is 0. The summed E-state index contributed by atoms with van der Waals surface area (Å²) in [6.07, 6.45) is 3.85. The van der Waals surface area contributed by atoms with Crippen LogP contribution in [0.15, 0.2) is 41.0 Å². The molecule has 2 heterocycles. The van der Waals surface area contributed by atoms with E-state index >= 15 is 0 Å². The molecule has 3 rings (SSSR count). The van der Waals surface area contributed by atoms with Crippen molar-refractivity contribution in [1.29, 1.82) is 0 Å². The first-order valence-corrected chi connectivity index (χ1v) is 6.93. The summed E-state index contributed by atoms with van der Waals surface area (Å²) in [5, 5.41) is 0. The highest BCUT2D eigenvalue weighted by Gasteiger charge is 2.25. The van der Waals surface area contributed by atoms with E-state index in [1.54, 1.807) is 6.26 Å². The topological polar surface area (TPSA) is 42.4 Å². The van der Waals surface area contributed by atoms with Crippen LogP contribution in [0.2, 0.25) is 0 Å². The minimum atomic E-state index is 0.365. The van der Waals surface area contributed by atoms with Crippen molar-refractivity contribution in [2.45, 2.75) is 32.4 Å². The fourth-order valence-electron chi connectivity index (χ4n) is 3.05. The molecule has 3 heteroatoms. The lowest BCUT2D eigenvalue weighted by molar-refractivity contribution is 0.154. The predicted molar refractivity (Wildman–Crippen MR) is 76.7 cm³/mol. The molecule has 0 fully saturated rings. The van der Waals surface area contributed by atoms with Crippen molar-refractivity contribution in [2.75, 3.05) is 12.3 Å². The Kier molecular flexibility index (Phi) is 3.30. The van der Waals surface area contributed by atoms with Gasteiger partial charge >= 0.3 is 0 Å². The molecule has 0 saturated carbocycles. The summed E-state index contributed by atoms with van der Waals surface area (Å²) < 4.78 is 5.59. The fourth-order valence-corrected chi connectivity index (χ4v) is 3.05. The molecule has 1 aromatic heterocycles. The number of rotatable bonds is 3. The number of nitrogen functional groups attached to an aromatic ring is 1. The molecule has 0 radical (unpaired) electrons. The van der Waals surface area contributed by atoms with Crippen LogP contribution < -0.4 is 5.73 Å². The molecular weight excluding hydrogens is 236 g/mol. The highest BCUT2D eigenvalue weighted by molar-refractivity contribution is 5.51. The Morgan fingerprint density at radius 1 is 1.32 bits per heavy atom. The van der Waals surface area contributed by atoms with Gasteiger partial charge in [-0.15, -0.1) is 0 Å². The van der Waals surface area contributed by atoms with E-state index in [-0.39, 0.29) is 0 Å². The normalized spacial score (nSPS) is 17.1. The summed E-state index contributed by atoms with van der Waals surface area (Å²) in [5.74, 6) is 1.06. The van der Waals surface area contributed by atoms with Gasteiger partial charge in [0.25, 0.3) is 0 Å². The van der Waals surface area contributed by atoms with E-state index in [9.17, 15) is 0 Å². The molecule has 0 amide bonds. The Labute approximate surface area is 114 Å². The van der Waals surface area contributed by atoms with Crippen molar-refractivity contribution in [2.24, 2.45) is 0 Å². The molecular formula is C16H20N2O. The number of anilines is 1. The van der Waals surface area contributed by atoms with Gasteiger partial charge in [0.15, 0.2) is 0 Å². The average Bonchev–Trinajstić information content (AvgIpc) is 2.94. The third-order valence-electron chi connectivity index (χ3n) is 4.03. The summed E-state index contributed by atoms with van der Waals surface area (Å²) in [4.78, 5) is 2.49. The second-order valence-electron chi connectivity index (χ2n) is 5.14. The quantitative estimate of drug-likeness (QED) is 0.856. The summed E-state index contributed by atoms with van der Waals surface area (Å²) in [6.45, 7) is 4.21. The Morgan fingerprint density at radius 2 is 2.21 bits per heavy atom. The molecule has 1 unspecified atom stereocenters. The zero-order valence-corrected chi connectivity index (χ0v) is 11.3. The lowest BCUT2D eigenvalue weighted by Gasteiger charge is -2.34. The van der Waals surface area contributed by atoms with Crippen molar-refractivity contribution < 1.29 is 4.42 Å². The number of hydrogen-bond acceptors (Lipinski definition) is 3. The minimum Gasteiger partial charge on any atom is -0.468 e. The zero-order chi connectivity index (χ0) is 13.2. The van der Waals surface area contributed by atoms with Crippen LogP contribution in [0.3, 0.4) is 0 Å². The second-order valence-corrected chi connectivity index (χ2v) is 5.14. The zero-order valence-electron chi connectivity index (χ0n) is 11.3. The number of benzene rings is 1. The molecule has 100 valence electrons.